The summed E-state index contributed by atoms with van der Waals surface area (Å²) in [5, 5.41) is 4.18. The van der Waals surface area contributed by atoms with Gasteiger partial charge in [-0.05, 0) is 49.2 Å². The molecule has 4 rings (SSSR count). The number of piperidine rings is 1. The van der Waals surface area contributed by atoms with Crippen LogP contribution in [-0.4, -0.2) is 29.1 Å². The summed E-state index contributed by atoms with van der Waals surface area (Å²) in [5.41, 5.74) is 1.29. The highest BCUT2D eigenvalue weighted by molar-refractivity contribution is 5.89. The van der Waals surface area contributed by atoms with Crippen molar-refractivity contribution in [2.45, 2.75) is 18.9 Å². The number of nitrogens with zero attached hydrogens (tertiary/aromatic N) is 3. The number of hydrogen-bond donors (Lipinski definition) is 1. The summed E-state index contributed by atoms with van der Waals surface area (Å²) in [6.45, 7) is 1.64. The predicted octanol–water partition coefficient (Wildman–Crippen LogP) is 3.99. The molecule has 1 aromatic heterocycles. The fraction of sp³-hybridized carbons (Fsp3) is 0.263. The van der Waals surface area contributed by atoms with Gasteiger partial charge in [0.1, 0.15) is 29.3 Å². The molecule has 1 N–H and O–H groups in total. The van der Waals surface area contributed by atoms with Crippen molar-refractivity contribution >= 4 is 22.4 Å². The normalized spacial score (nSPS) is 15.5. The largest absolute Gasteiger partial charge is 0.382 e. The number of anilines is 2. The van der Waals surface area contributed by atoms with Gasteiger partial charge in [-0.15, -0.1) is 0 Å². The molecule has 0 spiro atoms. The van der Waals surface area contributed by atoms with E-state index in [1.165, 1.54) is 24.5 Å². The van der Waals surface area contributed by atoms with E-state index in [4.69, 9.17) is 0 Å². The Morgan fingerprint density at radius 1 is 0.960 bits per heavy atom. The summed E-state index contributed by atoms with van der Waals surface area (Å²) in [5.74, 6) is 0.224. The second-order valence-corrected chi connectivity index (χ2v) is 6.25. The van der Waals surface area contributed by atoms with E-state index in [9.17, 15) is 8.78 Å². The minimum absolute atomic E-state index is 0.233. The van der Waals surface area contributed by atoms with Gasteiger partial charge in [0.2, 0.25) is 0 Å². The molecule has 0 unspecified atom stereocenters. The maximum atomic E-state index is 13.9. The summed E-state index contributed by atoms with van der Waals surface area (Å²) in [4.78, 5) is 10.6. The molecule has 1 aliphatic heterocycles. The van der Waals surface area contributed by atoms with Crippen molar-refractivity contribution < 1.29 is 8.78 Å². The molecule has 0 bridgehead atoms. The summed E-state index contributed by atoms with van der Waals surface area (Å²) in [7, 11) is 0. The first kappa shape index (κ1) is 15.7. The number of aromatic nitrogens is 2. The van der Waals surface area contributed by atoms with Gasteiger partial charge in [-0.1, -0.05) is 6.07 Å². The van der Waals surface area contributed by atoms with Crippen molar-refractivity contribution in [3.05, 3.63) is 60.4 Å². The molecule has 6 heteroatoms. The monoisotopic (exact) mass is 340 g/mol. The van der Waals surface area contributed by atoms with E-state index >= 15 is 0 Å². The highest BCUT2D eigenvalue weighted by atomic mass is 19.1. The third-order valence-corrected chi connectivity index (χ3v) is 4.60. The Morgan fingerprint density at radius 2 is 1.72 bits per heavy atom. The molecule has 0 saturated carbocycles. The lowest BCUT2D eigenvalue weighted by atomic mass is 10.0. The first-order chi connectivity index (χ1) is 12.2. The molecule has 2 aromatic carbocycles. The van der Waals surface area contributed by atoms with Crippen LogP contribution in [-0.2, 0) is 0 Å². The third kappa shape index (κ3) is 3.24. The van der Waals surface area contributed by atoms with Crippen molar-refractivity contribution in [3.63, 3.8) is 0 Å². The third-order valence-electron chi connectivity index (χ3n) is 4.60. The molecule has 128 valence electrons. The van der Waals surface area contributed by atoms with Gasteiger partial charge in [-0.25, -0.2) is 18.7 Å². The molecule has 0 radical (unpaired) electrons. The average Bonchev–Trinajstić information content (AvgIpc) is 2.64. The molecule has 0 amide bonds. The second-order valence-electron chi connectivity index (χ2n) is 6.25. The first-order valence-electron chi connectivity index (χ1n) is 8.37. The van der Waals surface area contributed by atoms with E-state index in [1.807, 2.05) is 6.07 Å². The molecule has 0 aliphatic carbocycles. The molecule has 1 saturated heterocycles. The van der Waals surface area contributed by atoms with Crippen LogP contribution in [0.3, 0.4) is 0 Å². The molecule has 4 nitrogen and oxygen atoms in total. The number of halogens is 2. The molecular formula is C19H18F2N4. The summed E-state index contributed by atoms with van der Waals surface area (Å²) in [6, 6.07) is 11.7. The number of nitrogens with one attached hydrogen (secondary N) is 1. The number of rotatable bonds is 3. The van der Waals surface area contributed by atoms with Gasteiger partial charge in [0, 0.05) is 30.2 Å². The van der Waals surface area contributed by atoms with E-state index < -0.39 is 0 Å². The molecule has 3 aromatic rings. The predicted molar refractivity (Wildman–Crippen MR) is 94.8 cm³/mol. The fourth-order valence-electron chi connectivity index (χ4n) is 3.31. The summed E-state index contributed by atoms with van der Waals surface area (Å²) < 4.78 is 26.9. The van der Waals surface area contributed by atoms with Crippen LogP contribution >= 0.6 is 0 Å². The van der Waals surface area contributed by atoms with Crippen LogP contribution in [0.2, 0.25) is 0 Å². The van der Waals surface area contributed by atoms with Crippen LogP contribution in [0.25, 0.3) is 10.9 Å². The maximum Gasteiger partial charge on any atom is 0.149 e. The zero-order chi connectivity index (χ0) is 17.2. The minimum atomic E-state index is -0.325. The molecule has 2 heterocycles. The Kier molecular flexibility index (Phi) is 4.17. The van der Waals surface area contributed by atoms with E-state index in [1.54, 1.807) is 18.2 Å². The number of hydrogen-bond acceptors (Lipinski definition) is 4. The number of para-hydroxylation sites is 1. The van der Waals surface area contributed by atoms with Crippen LogP contribution in [0.15, 0.2) is 48.8 Å². The lowest BCUT2D eigenvalue weighted by Gasteiger charge is -2.34. The van der Waals surface area contributed by atoms with Crippen LogP contribution in [0.1, 0.15) is 12.8 Å². The van der Waals surface area contributed by atoms with Crippen molar-refractivity contribution in [2.75, 3.05) is 23.3 Å². The van der Waals surface area contributed by atoms with Crippen molar-refractivity contribution in [1.82, 2.24) is 9.97 Å². The van der Waals surface area contributed by atoms with E-state index in [0.29, 0.717) is 11.6 Å². The Bertz CT molecular complexity index is 874. The highest BCUT2D eigenvalue weighted by Crippen LogP contribution is 2.27. The molecule has 25 heavy (non-hydrogen) atoms. The van der Waals surface area contributed by atoms with Crippen LogP contribution in [0.4, 0.5) is 20.3 Å². The molecule has 1 aliphatic rings. The summed E-state index contributed by atoms with van der Waals surface area (Å²) in [6.07, 6.45) is 3.28. The van der Waals surface area contributed by atoms with Crippen LogP contribution in [0.5, 0.6) is 0 Å². The zero-order valence-electron chi connectivity index (χ0n) is 13.6. The van der Waals surface area contributed by atoms with E-state index in [-0.39, 0.29) is 11.6 Å². The topological polar surface area (TPSA) is 41.0 Å². The Hall–Kier alpha value is -2.76. The smallest absolute Gasteiger partial charge is 0.149 e. The quantitative estimate of drug-likeness (QED) is 0.783. The SMILES string of the molecule is Fc1ccc(NC2CCN(c3ncnc4c(F)cccc34)CC2)cc1. The first-order valence-corrected chi connectivity index (χ1v) is 8.37. The Balaban J connectivity index is 1.47. The standard InChI is InChI=1S/C19H18F2N4/c20-13-4-6-14(7-5-13)24-15-8-10-25(11-9-15)19-16-2-1-3-17(21)18(16)22-12-23-19/h1-7,12,15,24H,8-11H2. The van der Waals surface area contributed by atoms with Crippen LogP contribution < -0.4 is 10.2 Å². The van der Waals surface area contributed by atoms with E-state index in [2.05, 4.69) is 20.2 Å². The molecular weight excluding hydrogens is 322 g/mol. The van der Waals surface area contributed by atoms with Crippen LogP contribution in [0, 0.1) is 11.6 Å². The van der Waals surface area contributed by atoms with Crippen molar-refractivity contribution in [3.8, 4) is 0 Å². The van der Waals surface area contributed by atoms with Gasteiger partial charge in [0.05, 0.1) is 0 Å². The highest BCUT2D eigenvalue weighted by Gasteiger charge is 2.22. The number of benzene rings is 2. The molecule has 1 fully saturated rings. The maximum absolute atomic E-state index is 13.9. The van der Waals surface area contributed by atoms with E-state index in [0.717, 1.165) is 42.8 Å². The van der Waals surface area contributed by atoms with Crippen molar-refractivity contribution in [2.24, 2.45) is 0 Å². The average molecular weight is 340 g/mol. The Labute approximate surface area is 144 Å². The van der Waals surface area contributed by atoms with Gasteiger partial charge >= 0.3 is 0 Å². The van der Waals surface area contributed by atoms with Gasteiger partial charge in [0.25, 0.3) is 0 Å². The lowest BCUT2D eigenvalue weighted by Crippen LogP contribution is -2.39. The lowest BCUT2D eigenvalue weighted by molar-refractivity contribution is 0.524. The van der Waals surface area contributed by atoms with Gasteiger partial charge < -0.3 is 10.2 Å². The molecule has 0 atom stereocenters. The Morgan fingerprint density at radius 3 is 2.48 bits per heavy atom. The summed E-state index contributed by atoms with van der Waals surface area (Å²) >= 11 is 0. The van der Waals surface area contributed by atoms with Gasteiger partial charge in [-0.2, -0.15) is 0 Å². The second kappa shape index (κ2) is 6.63. The minimum Gasteiger partial charge on any atom is -0.382 e. The van der Waals surface area contributed by atoms with Gasteiger partial charge in [-0.3, -0.25) is 0 Å². The zero-order valence-corrected chi connectivity index (χ0v) is 13.6. The van der Waals surface area contributed by atoms with Crippen molar-refractivity contribution in [1.29, 1.82) is 0 Å². The van der Waals surface area contributed by atoms with Gasteiger partial charge in [0.15, 0.2) is 0 Å². The number of fused-ring (bicyclic) bond motifs is 1. The fourth-order valence-corrected chi connectivity index (χ4v) is 3.31.